The second kappa shape index (κ2) is 6.28. The molecule has 0 amide bonds. The van der Waals surface area contributed by atoms with Crippen LogP contribution in [0.25, 0.3) is 27.5 Å². The fourth-order valence-electron chi connectivity index (χ4n) is 2.81. The van der Waals surface area contributed by atoms with E-state index in [0.29, 0.717) is 16.7 Å². The summed E-state index contributed by atoms with van der Waals surface area (Å²) in [6, 6.07) is 17.5. The Morgan fingerprint density at radius 1 is 0.875 bits per heavy atom. The summed E-state index contributed by atoms with van der Waals surface area (Å²) in [5, 5.41) is 11.3. The first-order valence-electron chi connectivity index (χ1n) is 7.11. The molecule has 1 aromatic heterocycles. The van der Waals surface area contributed by atoms with Crippen molar-refractivity contribution in [2.24, 2.45) is 0 Å². The average molecular weight is 327 g/mol. The van der Waals surface area contributed by atoms with Gasteiger partial charge in [-0.15, -0.1) is 0 Å². The molecule has 1 heterocycles. The topological polar surface area (TPSA) is 75.1 Å². The smallest absolute Gasteiger partial charge is 0.321 e. The first kappa shape index (κ1) is 16.5. The number of phenolic OH excluding ortho intramolecular Hbond substituents is 1. The molecule has 0 unspecified atom stereocenters. The van der Waals surface area contributed by atoms with Crippen LogP contribution in [-0.2, 0) is 0 Å². The molecular formula is C18H12N2NaO3. The molecule has 6 heteroatoms. The molecule has 0 atom stereocenters. The minimum absolute atomic E-state index is 0. The Hall–Kier alpha value is -2.34. The van der Waals surface area contributed by atoms with Crippen LogP contribution in [0.4, 0.5) is 0 Å². The van der Waals surface area contributed by atoms with Crippen molar-refractivity contribution in [3.05, 3.63) is 81.4 Å². The molecule has 3 aromatic carbocycles. The van der Waals surface area contributed by atoms with Gasteiger partial charge in [-0.1, -0.05) is 30.3 Å². The summed E-state index contributed by atoms with van der Waals surface area (Å²) in [5.74, 6) is 0.0985. The number of aromatic amines is 1. The number of hydrogen-bond acceptors (Lipinski definition) is 3. The van der Waals surface area contributed by atoms with Gasteiger partial charge in [0.1, 0.15) is 5.75 Å². The molecule has 1 radical (unpaired) electrons. The normalized spacial score (nSPS) is 10.7. The van der Waals surface area contributed by atoms with Crippen LogP contribution in [0, 0.1) is 0 Å². The van der Waals surface area contributed by atoms with Crippen molar-refractivity contribution in [2.75, 3.05) is 0 Å². The zero-order chi connectivity index (χ0) is 16.0. The Bertz CT molecular complexity index is 1160. The molecule has 0 fully saturated rings. The molecule has 24 heavy (non-hydrogen) atoms. The number of aromatic hydroxyl groups is 1. The first-order chi connectivity index (χ1) is 11.1. The van der Waals surface area contributed by atoms with Gasteiger partial charge in [0.05, 0.1) is 11.0 Å². The van der Waals surface area contributed by atoms with Gasteiger partial charge in [0.2, 0.25) is 0 Å². The van der Waals surface area contributed by atoms with Gasteiger partial charge in [-0.2, -0.15) is 0 Å². The maximum absolute atomic E-state index is 12.4. The molecular weight excluding hydrogens is 315 g/mol. The summed E-state index contributed by atoms with van der Waals surface area (Å²) >= 11 is 0. The van der Waals surface area contributed by atoms with Gasteiger partial charge in [0, 0.05) is 40.6 Å². The van der Waals surface area contributed by atoms with E-state index in [2.05, 4.69) is 4.98 Å². The van der Waals surface area contributed by atoms with Crippen LogP contribution < -0.4 is 11.1 Å². The fourth-order valence-corrected chi connectivity index (χ4v) is 2.81. The molecule has 113 valence electrons. The van der Waals surface area contributed by atoms with Gasteiger partial charge in [0.15, 0.2) is 0 Å². The molecule has 0 aliphatic carbocycles. The van der Waals surface area contributed by atoms with Crippen molar-refractivity contribution in [3.63, 3.8) is 0 Å². The molecule has 0 aliphatic rings. The summed E-state index contributed by atoms with van der Waals surface area (Å²) in [7, 11) is 0. The average Bonchev–Trinajstić information content (AvgIpc) is 2.57. The second-order valence-corrected chi connectivity index (χ2v) is 5.29. The van der Waals surface area contributed by atoms with E-state index in [-0.39, 0.29) is 35.3 Å². The zero-order valence-electron chi connectivity index (χ0n) is 13.0. The molecule has 5 nitrogen and oxygen atoms in total. The minimum Gasteiger partial charge on any atom is -0.508 e. The fraction of sp³-hybridized carbons (Fsp3) is 0. The van der Waals surface area contributed by atoms with E-state index < -0.39 is 11.1 Å². The molecule has 4 aromatic rings. The van der Waals surface area contributed by atoms with Crippen LogP contribution in [0.2, 0.25) is 0 Å². The van der Waals surface area contributed by atoms with Crippen molar-refractivity contribution >= 4 is 51.4 Å². The van der Waals surface area contributed by atoms with Crippen molar-refractivity contribution in [3.8, 4) is 11.4 Å². The van der Waals surface area contributed by atoms with Crippen molar-refractivity contribution in [2.45, 2.75) is 0 Å². The predicted octanol–water partition coefficient (Wildman–Crippen LogP) is 2.16. The number of fused-ring (bicyclic) bond motifs is 3. The van der Waals surface area contributed by atoms with E-state index in [1.807, 2.05) is 36.4 Å². The Morgan fingerprint density at radius 3 is 2.33 bits per heavy atom. The second-order valence-electron chi connectivity index (χ2n) is 5.29. The number of H-pyrrole nitrogens is 1. The standard InChI is InChI=1S/C18H12N2O3.Na/c21-13-8-6-12(7-9-13)20-15-10-5-11-3-1-2-4-14(11)16(15)19-17(22)18(20)23;/h1-10,21H,(H,19,22);. The number of aromatic nitrogens is 2. The van der Waals surface area contributed by atoms with Crippen LogP contribution in [0.5, 0.6) is 5.75 Å². The van der Waals surface area contributed by atoms with Gasteiger partial charge in [-0.05, 0) is 35.7 Å². The van der Waals surface area contributed by atoms with Gasteiger partial charge in [0.25, 0.3) is 0 Å². The molecule has 0 bridgehead atoms. The van der Waals surface area contributed by atoms with Crippen molar-refractivity contribution in [1.82, 2.24) is 9.55 Å². The Balaban J connectivity index is 0.00000169. The number of rotatable bonds is 1. The number of phenols is 1. The third kappa shape index (κ3) is 2.57. The van der Waals surface area contributed by atoms with Gasteiger partial charge < -0.3 is 10.1 Å². The molecule has 4 rings (SSSR count). The minimum atomic E-state index is -0.679. The summed E-state index contributed by atoms with van der Waals surface area (Å²) in [5.41, 5.74) is 0.416. The summed E-state index contributed by atoms with van der Waals surface area (Å²) < 4.78 is 1.36. The van der Waals surface area contributed by atoms with E-state index in [1.54, 1.807) is 12.1 Å². The van der Waals surface area contributed by atoms with Gasteiger partial charge in [-0.3, -0.25) is 14.2 Å². The number of hydrogen-bond donors (Lipinski definition) is 2. The van der Waals surface area contributed by atoms with E-state index in [1.165, 1.54) is 16.7 Å². The Kier molecular flexibility index (Phi) is 4.32. The van der Waals surface area contributed by atoms with E-state index in [0.717, 1.165) is 10.8 Å². The monoisotopic (exact) mass is 327 g/mol. The number of nitrogens with one attached hydrogen (secondary N) is 1. The molecule has 0 spiro atoms. The number of benzene rings is 3. The molecule has 0 aliphatic heterocycles. The van der Waals surface area contributed by atoms with Crippen LogP contribution in [0.3, 0.4) is 0 Å². The van der Waals surface area contributed by atoms with E-state index in [9.17, 15) is 14.7 Å². The third-order valence-corrected chi connectivity index (χ3v) is 3.89. The molecule has 2 N–H and O–H groups in total. The Labute approximate surface area is 158 Å². The van der Waals surface area contributed by atoms with Crippen LogP contribution in [-0.4, -0.2) is 44.2 Å². The summed E-state index contributed by atoms with van der Waals surface area (Å²) in [6.07, 6.45) is 0. The number of nitrogens with zero attached hydrogens (tertiary/aromatic N) is 1. The van der Waals surface area contributed by atoms with Gasteiger partial charge >= 0.3 is 11.1 Å². The van der Waals surface area contributed by atoms with E-state index >= 15 is 0 Å². The third-order valence-electron chi connectivity index (χ3n) is 3.89. The first-order valence-corrected chi connectivity index (χ1v) is 7.11. The quantitative estimate of drug-likeness (QED) is 0.320. The van der Waals surface area contributed by atoms with Crippen molar-refractivity contribution in [1.29, 1.82) is 0 Å². The molecule has 0 saturated heterocycles. The SMILES string of the molecule is O=c1[nH]c2c3ccccc3ccc2n(-c2ccc(O)cc2)c1=O.[Na]. The van der Waals surface area contributed by atoms with Crippen LogP contribution >= 0.6 is 0 Å². The zero-order valence-corrected chi connectivity index (χ0v) is 15.0. The molecule has 0 saturated carbocycles. The van der Waals surface area contributed by atoms with Crippen molar-refractivity contribution < 1.29 is 5.11 Å². The largest absolute Gasteiger partial charge is 0.508 e. The van der Waals surface area contributed by atoms with Crippen LogP contribution in [0.15, 0.2) is 70.3 Å². The van der Waals surface area contributed by atoms with E-state index in [4.69, 9.17) is 0 Å². The summed E-state index contributed by atoms with van der Waals surface area (Å²) in [6.45, 7) is 0. The maximum Gasteiger partial charge on any atom is 0.321 e. The maximum atomic E-state index is 12.4. The predicted molar refractivity (Wildman–Crippen MR) is 95.1 cm³/mol. The summed E-state index contributed by atoms with van der Waals surface area (Å²) in [4.78, 5) is 27.1. The van der Waals surface area contributed by atoms with Crippen LogP contribution in [0.1, 0.15) is 0 Å². The Morgan fingerprint density at radius 2 is 1.58 bits per heavy atom. The van der Waals surface area contributed by atoms with Gasteiger partial charge in [-0.25, -0.2) is 0 Å².